The Bertz CT molecular complexity index is 312. The molecule has 1 fully saturated rings. The van der Waals surface area contributed by atoms with Gasteiger partial charge in [0.1, 0.15) is 0 Å². The van der Waals surface area contributed by atoms with Crippen molar-refractivity contribution in [3.05, 3.63) is 35.4 Å². The van der Waals surface area contributed by atoms with E-state index in [1.165, 1.54) is 18.4 Å². The molecule has 66 valence electrons. The fourth-order valence-electron chi connectivity index (χ4n) is 1.78. The number of hydrogen-bond acceptors (Lipinski definition) is 1. The first kappa shape index (κ1) is 8.34. The fraction of sp³-hybridized carbons (Fsp3) is 0.333. The van der Waals surface area contributed by atoms with Crippen LogP contribution in [0, 0.1) is 12.3 Å². The Labute approximate surface area is 79.2 Å². The molecule has 1 aromatic carbocycles. The van der Waals surface area contributed by atoms with E-state index in [2.05, 4.69) is 23.4 Å². The van der Waals surface area contributed by atoms with E-state index in [1.54, 1.807) is 0 Å². The molecule has 1 N–H and O–H groups in total. The lowest BCUT2D eigenvalue weighted by Gasteiger charge is -2.09. The molecule has 0 radical (unpaired) electrons. The summed E-state index contributed by atoms with van der Waals surface area (Å²) in [4.78, 5) is 0. The van der Waals surface area contributed by atoms with Crippen molar-refractivity contribution in [2.24, 2.45) is 0 Å². The van der Waals surface area contributed by atoms with Gasteiger partial charge in [-0.2, -0.15) is 0 Å². The Morgan fingerprint density at radius 2 is 2.08 bits per heavy atom. The van der Waals surface area contributed by atoms with Gasteiger partial charge >= 0.3 is 0 Å². The molecule has 0 amide bonds. The zero-order valence-electron chi connectivity index (χ0n) is 7.59. The number of hydrogen-bond donors (Lipinski definition) is 1. The van der Waals surface area contributed by atoms with Gasteiger partial charge in [0, 0.05) is 11.6 Å². The molecule has 0 aromatic heterocycles. The van der Waals surface area contributed by atoms with Crippen molar-refractivity contribution in [3.63, 3.8) is 0 Å². The highest BCUT2D eigenvalue weighted by molar-refractivity contribution is 5.35. The van der Waals surface area contributed by atoms with Crippen LogP contribution in [0.25, 0.3) is 0 Å². The Hall–Kier alpha value is -1.26. The molecule has 1 heterocycles. The first-order chi connectivity index (χ1) is 6.40. The summed E-state index contributed by atoms with van der Waals surface area (Å²) in [5, 5.41) is 3.46. The molecule has 13 heavy (non-hydrogen) atoms. The minimum Gasteiger partial charge on any atom is -0.310 e. The smallest absolute Gasteiger partial charge is 0.0320 e. The maximum atomic E-state index is 5.29. The SMILES string of the molecule is C#Cc1ccc([C@@H]2CCCN2)cc1. The van der Waals surface area contributed by atoms with E-state index in [0.717, 1.165) is 12.1 Å². The molecule has 1 nitrogen and oxygen atoms in total. The maximum absolute atomic E-state index is 5.29. The van der Waals surface area contributed by atoms with Crippen molar-refractivity contribution in [3.8, 4) is 12.3 Å². The molecule has 1 aliphatic heterocycles. The summed E-state index contributed by atoms with van der Waals surface area (Å²) in [5.41, 5.74) is 2.32. The first-order valence-electron chi connectivity index (χ1n) is 4.70. The first-order valence-corrected chi connectivity index (χ1v) is 4.70. The molecule has 0 bridgehead atoms. The molecule has 1 aromatic rings. The van der Waals surface area contributed by atoms with Crippen molar-refractivity contribution in [2.45, 2.75) is 18.9 Å². The van der Waals surface area contributed by atoms with E-state index in [1.807, 2.05) is 12.1 Å². The fourth-order valence-corrected chi connectivity index (χ4v) is 1.78. The summed E-state index contributed by atoms with van der Waals surface area (Å²) >= 11 is 0. The molecule has 0 aliphatic carbocycles. The van der Waals surface area contributed by atoms with Crippen LogP contribution in [0.4, 0.5) is 0 Å². The zero-order valence-corrected chi connectivity index (χ0v) is 7.59. The van der Waals surface area contributed by atoms with Crippen LogP contribution >= 0.6 is 0 Å². The lowest BCUT2D eigenvalue weighted by molar-refractivity contribution is 0.648. The van der Waals surface area contributed by atoms with Crippen LogP contribution in [0.5, 0.6) is 0 Å². The molecule has 1 saturated heterocycles. The quantitative estimate of drug-likeness (QED) is 0.638. The van der Waals surface area contributed by atoms with E-state index >= 15 is 0 Å². The number of nitrogens with one attached hydrogen (secondary N) is 1. The standard InChI is InChI=1S/C12H13N/c1-2-10-5-7-11(8-6-10)12-4-3-9-13-12/h1,5-8,12-13H,3-4,9H2/t12-/m0/s1. The lowest BCUT2D eigenvalue weighted by Crippen LogP contribution is -2.12. The van der Waals surface area contributed by atoms with Crippen molar-refractivity contribution >= 4 is 0 Å². The molecular weight excluding hydrogens is 158 g/mol. The number of rotatable bonds is 1. The summed E-state index contributed by atoms with van der Waals surface area (Å²) in [6.45, 7) is 1.14. The molecular formula is C12H13N. The average Bonchev–Trinajstić information content (AvgIpc) is 2.71. The predicted molar refractivity (Wildman–Crippen MR) is 54.4 cm³/mol. The zero-order chi connectivity index (χ0) is 9.10. The molecule has 0 saturated carbocycles. The van der Waals surface area contributed by atoms with Crippen LogP contribution in [-0.4, -0.2) is 6.54 Å². The van der Waals surface area contributed by atoms with E-state index in [9.17, 15) is 0 Å². The minimum atomic E-state index is 0.548. The normalized spacial score (nSPS) is 21.3. The minimum absolute atomic E-state index is 0.548. The molecule has 1 aliphatic rings. The van der Waals surface area contributed by atoms with Gasteiger partial charge in [-0.3, -0.25) is 0 Å². The van der Waals surface area contributed by atoms with Gasteiger partial charge in [0.2, 0.25) is 0 Å². The molecule has 0 spiro atoms. The van der Waals surface area contributed by atoms with E-state index in [0.29, 0.717) is 6.04 Å². The van der Waals surface area contributed by atoms with Crippen molar-refractivity contribution in [2.75, 3.05) is 6.54 Å². The van der Waals surface area contributed by atoms with Crippen LogP contribution in [0.1, 0.15) is 30.0 Å². The number of terminal acetylenes is 1. The van der Waals surface area contributed by atoms with Gasteiger partial charge in [-0.15, -0.1) is 6.42 Å². The van der Waals surface area contributed by atoms with Gasteiger partial charge in [-0.05, 0) is 37.1 Å². The molecule has 1 heteroatoms. The third-order valence-corrected chi connectivity index (χ3v) is 2.54. The summed E-state index contributed by atoms with van der Waals surface area (Å²) in [5.74, 6) is 2.62. The van der Waals surface area contributed by atoms with Gasteiger partial charge in [0.15, 0.2) is 0 Å². The van der Waals surface area contributed by atoms with Gasteiger partial charge in [0.05, 0.1) is 0 Å². The average molecular weight is 171 g/mol. The van der Waals surface area contributed by atoms with Gasteiger partial charge in [-0.1, -0.05) is 18.1 Å². The van der Waals surface area contributed by atoms with Gasteiger partial charge in [-0.25, -0.2) is 0 Å². The van der Waals surface area contributed by atoms with Crippen LogP contribution in [0.3, 0.4) is 0 Å². The largest absolute Gasteiger partial charge is 0.310 e. The number of benzene rings is 1. The van der Waals surface area contributed by atoms with Gasteiger partial charge in [0.25, 0.3) is 0 Å². The highest BCUT2D eigenvalue weighted by Crippen LogP contribution is 2.22. The van der Waals surface area contributed by atoms with Crippen LogP contribution in [-0.2, 0) is 0 Å². The third kappa shape index (κ3) is 1.74. The Kier molecular flexibility index (Phi) is 2.33. The molecule has 2 rings (SSSR count). The molecule has 1 atom stereocenters. The van der Waals surface area contributed by atoms with Crippen LogP contribution in [0.2, 0.25) is 0 Å². The summed E-state index contributed by atoms with van der Waals surface area (Å²) < 4.78 is 0. The second-order valence-electron chi connectivity index (χ2n) is 3.42. The summed E-state index contributed by atoms with van der Waals surface area (Å²) in [6, 6.07) is 8.81. The Morgan fingerprint density at radius 3 is 2.62 bits per heavy atom. The van der Waals surface area contributed by atoms with Crippen LogP contribution in [0.15, 0.2) is 24.3 Å². The van der Waals surface area contributed by atoms with Crippen molar-refractivity contribution in [1.29, 1.82) is 0 Å². The topological polar surface area (TPSA) is 12.0 Å². The second kappa shape index (κ2) is 3.64. The van der Waals surface area contributed by atoms with Crippen LogP contribution < -0.4 is 5.32 Å². The van der Waals surface area contributed by atoms with E-state index < -0.39 is 0 Å². The highest BCUT2D eigenvalue weighted by Gasteiger charge is 2.15. The van der Waals surface area contributed by atoms with Crippen molar-refractivity contribution < 1.29 is 0 Å². The Balaban J connectivity index is 2.18. The van der Waals surface area contributed by atoms with Crippen molar-refractivity contribution in [1.82, 2.24) is 5.32 Å². The lowest BCUT2D eigenvalue weighted by atomic mass is 10.0. The highest BCUT2D eigenvalue weighted by atomic mass is 14.9. The maximum Gasteiger partial charge on any atom is 0.0320 e. The molecule has 0 unspecified atom stereocenters. The van der Waals surface area contributed by atoms with E-state index in [-0.39, 0.29) is 0 Å². The third-order valence-electron chi connectivity index (χ3n) is 2.54. The van der Waals surface area contributed by atoms with Gasteiger partial charge < -0.3 is 5.32 Å². The second-order valence-corrected chi connectivity index (χ2v) is 3.42. The summed E-state index contributed by atoms with van der Waals surface area (Å²) in [6.07, 6.45) is 7.81. The summed E-state index contributed by atoms with van der Waals surface area (Å²) in [7, 11) is 0. The monoisotopic (exact) mass is 171 g/mol. The predicted octanol–water partition coefficient (Wildman–Crippen LogP) is 2.09. The van der Waals surface area contributed by atoms with E-state index in [4.69, 9.17) is 6.42 Å². The Morgan fingerprint density at radius 1 is 1.31 bits per heavy atom.